The Balaban J connectivity index is 2.15. The van der Waals surface area contributed by atoms with Gasteiger partial charge in [-0.2, -0.15) is 0 Å². The molecule has 0 amide bonds. The molecule has 0 fully saturated rings. The molecule has 0 aliphatic heterocycles. The predicted molar refractivity (Wildman–Crippen MR) is 142 cm³/mol. The zero-order valence-corrected chi connectivity index (χ0v) is 22.7. The largest absolute Gasteiger partial charge is 0.485 e. The van der Waals surface area contributed by atoms with Crippen molar-refractivity contribution in [2.24, 2.45) is 5.41 Å². The fourth-order valence-corrected chi connectivity index (χ4v) is 4.82. The summed E-state index contributed by atoms with van der Waals surface area (Å²) in [6.07, 6.45) is 8.94. The average Bonchev–Trinajstić information content (AvgIpc) is 2.88. The SMILES string of the molecule is CCCCCCCCCc1ccc(OC(c2ccccc2)C(CO)(COP(O)O)COP(O)O)cc1. The van der Waals surface area contributed by atoms with Crippen molar-refractivity contribution < 1.29 is 38.5 Å². The number of aliphatic hydroxyl groups excluding tert-OH is 1. The second-order valence-electron chi connectivity index (χ2n) is 9.00. The fourth-order valence-electron chi connectivity index (χ4n) is 4.07. The van der Waals surface area contributed by atoms with Crippen molar-refractivity contribution in [2.75, 3.05) is 19.8 Å². The maximum absolute atomic E-state index is 10.4. The van der Waals surface area contributed by atoms with Crippen LogP contribution in [0.5, 0.6) is 5.75 Å². The Kier molecular flexibility index (Phi) is 15.0. The molecule has 1 atom stereocenters. The second kappa shape index (κ2) is 17.4. The van der Waals surface area contributed by atoms with Crippen molar-refractivity contribution in [3.63, 3.8) is 0 Å². The number of hydrogen-bond donors (Lipinski definition) is 5. The molecule has 0 heterocycles. The quantitative estimate of drug-likeness (QED) is 0.116. The van der Waals surface area contributed by atoms with Crippen molar-refractivity contribution in [3.05, 3.63) is 65.7 Å². The van der Waals surface area contributed by atoms with E-state index in [0.29, 0.717) is 11.3 Å². The van der Waals surface area contributed by atoms with Gasteiger partial charge in [0.05, 0.1) is 25.2 Å². The highest BCUT2D eigenvalue weighted by Gasteiger charge is 2.44. The molecule has 2 aromatic rings. The van der Waals surface area contributed by atoms with Crippen LogP contribution in [0.25, 0.3) is 0 Å². The van der Waals surface area contributed by atoms with Crippen LogP contribution in [0.4, 0.5) is 0 Å². The van der Waals surface area contributed by atoms with E-state index < -0.39 is 35.3 Å². The van der Waals surface area contributed by atoms with E-state index in [1.54, 1.807) is 0 Å². The molecule has 36 heavy (non-hydrogen) atoms. The molecule has 0 saturated heterocycles. The van der Waals surface area contributed by atoms with Crippen LogP contribution >= 0.6 is 17.2 Å². The molecule has 2 aromatic carbocycles. The third-order valence-corrected chi connectivity index (χ3v) is 6.87. The van der Waals surface area contributed by atoms with Gasteiger partial charge < -0.3 is 38.5 Å². The standard InChI is InChI=1S/C26H40O8P2/c1-2-3-4-5-6-7-9-12-22-15-17-24(18-16-22)34-25(23-13-10-8-11-14-23)26(19-27,20-32-35(28)29)21-33-36(30)31/h8,10-11,13-18,25,27-31H,2-7,9,12,19-21H2,1H3. The molecule has 8 nitrogen and oxygen atoms in total. The summed E-state index contributed by atoms with van der Waals surface area (Å²) in [7, 11) is -5.42. The summed E-state index contributed by atoms with van der Waals surface area (Å²) in [5.41, 5.74) is 0.548. The van der Waals surface area contributed by atoms with Gasteiger partial charge in [-0.1, -0.05) is 87.9 Å². The van der Waals surface area contributed by atoms with E-state index in [1.165, 1.54) is 44.1 Å². The molecular weight excluding hydrogens is 502 g/mol. The van der Waals surface area contributed by atoms with Gasteiger partial charge in [-0.15, -0.1) is 0 Å². The Labute approximate surface area is 216 Å². The summed E-state index contributed by atoms with van der Waals surface area (Å²) in [6, 6.07) is 16.9. The molecule has 0 spiro atoms. The van der Waals surface area contributed by atoms with E-state index in [9.17, 15) is 24.7 Å². The Hall–Kier alpha value is -1.18. The van der Waals surface area contributed by atoms with Gasteiger partial charge in [-0.25, -0.2) is 0 Å². The Morgan fingerprint density at radius 3 is 1.83 bits per heavy atom. The van der Waals surface area contributed by atoms with E-state index in [4.69, 9.17) is 13.8 Å². The van der Waals surface area contributed by atoms with Crippen LogP contribution in [0.3, 0.4) is 0 Å². The van der Waals surface area contributed by atoms with Crippen LogP contribution < -0.4 is 4.74 Å². The molecule has 10 heteroatoms. The van der Waals surface area contributed by atoms with E-state index in [2.05, 4.69) is 6.92 Å². The zero-order chi connectivity index (χ0) is 26.2. The lowest BCUT2D eigenvalue weighted by Crippen LogP contribution is -2.43. The molecule has 202 valence electrons. The number of rotatable bonds is 19. The van der Waals surface area contributed by atoms with Gasteiger partial charge in [0.2, 0.25) is 0 Å². The van der Waals surface area contributed by atoms with Crippen molar-refractivity contribution in [1.82, 2.24) is 0 Å². The van der Waals surface area contributed by atoms with E-state index in [1.807, 2.05) is 54.6 Å². The highest BCUT2D eigenvalue weighted by Crippen LogP contribution is 2.43. The monoisotopic (exact) mass is 542 g/mol. The van der Waals surface area contributed by atoms with Gasteiger partial charge in [-0.3, -0.25) is 0 Å². The molecular formula is C26H40O8P2. The summed E-state index contributed by atoms with van der Waals surface area (Å²) in [5.74, 6) is 0.551. The third-order valence-electron chi connectivity index (χ3n) is 6.15. The molecule has 0 aliphatic rings. The van der Waals surface area contributed by atoms with Crippen molar-refractivity contribution in [1.29, 1.82) is 0 Å². The average molecular weight is 543 g/mol. The first kappa shape index (κ1) is 31.0. The first-order valence-corrected chi connectivity index (χ1v) is 14.8. The van der Waals surface area contributed by atoms with Gasteiger partial charge in [-0.05, 0) is 36.1 Å². The topological polar surface area (TPSA) is 129 Å². The van der Waals surface area contributed by atoms with Crippen LogP contribution in [-0.2, 0) is 15.5 Å². The van der Waals surface area contributed by atoms with Crippen molar-refractivity contribution in [3.8, 4) is 5.75 Å². The summed E-state index contributed by atoms with van der Waals surface area (Å²) in [6.45, 7) is 0.999. The van der Waals surface area contributed by atoms with Gasteiger partial charge in [0.15, 0.2) is 0 Å². The minimum atomic E-state index is -2.71. The van der Waals surface area contributed by atoms with E-state index in [-0.39, 0.29) is 13.2 Å². The number of benzene rings is 2. The van der Waals surface area contributed by atoms with E-state index >= 15 is 0 Å². The van der Waals surface area contributed by atoms with E-state index in [0.717, 1.165) is 12.8 Å². The summed E-state index contributed by atoms with van der Waals surface area (Å²) >= 11 is 0. The second-order valence-corrected chi connectivity index (χ2v) is 10.5. The van der Waals surface area contributed by atoms with Gasteiger partial charge >= 0.3 is 17.2 Å². The molecule has 5 N–H and O–H groups in total. The Bertz CT molecular complexity index is 808. The van der Waals surface area contributed by atoms with Crippen LogP contribution in [0.1, 0.15) is 69.1 Å². The molecule has 2 rings (SSSR count). The van der Waals surface area contributed by atoms with Crippen molar-refractivity contribution in [2.45, 2.75) is 64.4 Å². The summed E-state index contributed by atoms with van der Waals surface area (Å²) in [4.78, 5) is 37.4. The third kappa shape index (κ3) is 11.1. The van der Waals surface area contributed by atoms with Gasteiger partial charge in [0.25, 0.3) is 0 Å². The number of aliphatic hydroxyl groups is 1. The van der Waals surface area contributed by atoms with Crippen LogP contribution in [0, 0.1) is 5.41 Å². The number of aryl methyl sites for hydroxylation is 1. The van der Waals surface area contributed by atoms with Crippen LogP contribution in [-0.4, -0.2) is 44.5 Å². The summed E-state index contributed by atoms with van der Waals surface area (Å²) < 4.78 is 16.5. The Morgan fingerprint density at radius 1 is 0.750 bits per heavy atom. The normalized spacial score (nSPS) is 12.9. The van der Waals surface area contributed by atoms with Gasteiger partial charge in [0, 0.05) is 0 Å². The smallest absolute Gasteiger partial charge is 0.327 e. The predicted octanol–water partition coefficient (Wildman–Crippen LogP) is 5.53. The Morgan fingerprint density at radius 2 is 1.31 bits per heavy atom. The summed E-state index contributed by atoms with van der Waals surface area (Å²) in [5, 5.41) is 10.4. The lowest BCUT2D eigenvalue weighted by molar-refractivity contribution is -0.0654. The lowest BCUT2D eigenvalue weighted by Gasteiger charge is -2.39. The maximum atomic E-state index is 10.4. The van der Waals surface area contributed by atoms with Crippen LogP contribution in [0.15, 0.2) is 54.6 Å². The van der Waals surface area contributed by atoms with Crippen molar-refractivity contribution >= 4 is 17.2 Å². The number of hydrogen-bond acceptors (Lipinski definition) is 8. The van der Waals surface area contributed by atoms with Crippen LogP contribution in [0.2, 0.25) is 0 Å². The molecule has 0 aromatic heterocycles. The number of unbranched alkanes of at least 4 members (excludes halogenated alkanes) is 6. The first-order valence-electron chi connectivity index (χ1n) is 12.4. The molecule has 0 saturated carbocycles. The molecule has 0 bridgehead atoms. The fraction of sp³-hybridized carbons (Fsp3) is 0.538. The minimum absolute atomic E-state index is 0.346. The van der Waals surface area contributed by atoms with Gasteiger partial charge in [0.1, 0.15) is 11.9 Å². The highest BCUT2D eigenvalue weighted by atomic mass is 31.2. The molecule has 0 aliphatic carbocycles. The first-order chi connectivity index (χ1) is 17.4. The minimum Gasteiger partial charge on any atom is -0.485 e. The lowest BCUT2D eigenvalue weighted by atomic mass is 9.80. The highest BCUT2D eigenvalue weighted by molar-refractivity contribution is 7.39. The molecule has 0 radical (unpaired) electrons. The number of ether oxygens (including phenoxy) is 1. The zero-order valence-electron chi connectivity index (χ0n) is 20.9. The maximum Gasteiger partial charge on any atom is 0.327 e. The molecule has 1 unspecified atom stereocenters.